The molecule has 4 rings (SSSR count). The van der Waals surface area contributed by atoms with Crippen LogP contribution in [0.15, 0.2) is 41.6 Å². The van der Waals surface area contributed by atoms with Gasteiger partial charge in [0.05, 0.1) is 15.6 Å². The largest absolute Gasteiger partial charge is 0.318 e. The number of hydrogen-bond acceptors (Lipinski definition) is 6. The Morgan fingerprint density at radius 3 is 2.84 bits per heavy atom. The van der Waals surface area contributed by atoms with Gasteiger partial charge in [0, 0.05) is 12.5 Å². The van der Waals surface area contributed by atoms with Crippen LogP contribution in [0.3, 0.4) is 0 Å². The average molecular weight is 371 g/mol. The van der Waals surface area contributed by atoms with Crippen LogP contribution in [0.5, 0.6) is 0 Å². The number of benzene rings is 1. The van der Waals surface area contributed by atoms with Crippen molar-refractivity contribution in [3.8, 4) is 21.8 Å². The number of fused-ring (bicyclic) bond motifs is 1. The molecule has 1 aliphatic heterocycles. The van der Waals surface area contributed by atoms with Gasteiger partial charge in [-0.05, 0) is 11.6 Å². The molecule has 7 nitrogen and oxygen atoms in total. The zero-order valence-electron chi connectivity index (χ0n) is 13.1. The van der Waals surface area contributed by atoms with Gasteiger partial charge in [-0.2, -0.15) is 0 Å². The summed E-state index contributed by atoms with van der Waals surface area (Å²) in [7, 11) is 0. The predicted molar refractivity (Wildman–Crippen MR) is 98.2 cm³/mol. The van der Waals surface area contributed by atoms with Crippen LogP contribution in [0, 0.1) is 0 Å². The summed E-state index contributed by atoms with van der Waals surface area (Å²) >= 11 is 2.74. The molecule has 0 aliphatic carbocycles. The van der Waals surface area contributed by atoms with Gasteiger partial charge in [-0.25, -0.2) is 4.68 Å². The van der Waals surface area contributed by atoms with E-state index < -0.39 is 0 Å². The van der Waals surface area contributed by atoms with Crippen molar-refractivity contribution in [3.05, 3.63) is 36.4 Å². The van der Waals surface area contributed by atoms with E-state index in [0.717, 1.165) is 16.0 Å². The van der Waals surface area contributed by atoms with Crippen LogP contribution in [0.1, 0.15) is 6.92 Å². The fraction of sp³-hybridized carbons (Fsp3) is 0.125. The van der Waals surface area contributed by atoms with Gasteiger partial charge >= 0.3 is 0 Å². The smallest absolute Gasteiger partial charge is 0.249 e. The topological polar surface area (TPSA) is 88.9 Å². The first kappa shape index (κ1) is 15.9. The highest BCUT2D eigenvalue weighted by atomic mass is 32.2. The number of thiophene rings is 1. The van der Waals surface area contributed by atoms with Crippen molar-refractivity contribution in [1.82, 2.24) is 14.9 Å². The van der Waals surface area contributed by atoms with Gasteiger partial charge in [-0.15, -0.1) is 21.5 Å². The molecule has 2 N–H and O–H groups in total. The number of nitrogens with one attached hydrogen (secondary N) is 2. The minimum atomic E-state index is -0.139. The first-order valence-corrected chi connectivity index (χ1v) is 9.27. The fourth-order valence-electron chi connectivity index (χ4n) is 2.52. The first-order valence-electron chi connectivity index (χ1n) is 7.47. The molecule has 3 heterocycles. The van der Waals surface area contributed by atoms with Crippen LogP contribution in [0.4, 0.5) is 5.00 Å². The lowest BCUT2D eigenvalue weighted by molar-refractivity contribution is -0.115. The van der Waals surface area contributed by atoms with Gasteiger partial charge in [0.1, 0.15) is 0 Å². The van der Waals surface area contributed by atoms with Crippen molar-refractivity contribution in [1.29, 1.82) is 0 Å². The van der Waals surface area contributed by atoms with E-state index in [4.69, 9.17) is 0 Å². The van der Waals surface area contributed by atoms with E-state index in [1.54, 1.807) is 4.68 Å². The third-order valence-electron chi connectivity index (χ3n) is 3.52. The zero-order valence-corrected chi connectivity index (χ0v) is 14.8. The molecule has 1 aromatic carbocycles. The minimum absolute atomic E-state index is 0.0987. The number of thioether (sulfide) groups is 1. The number of hydrogen-bond donors (Lipinski definition) is 2. The number of carbonyl (C=O) groups is 2. The summed E-state index contributed by atoms with van der Waals surface area (Å²) in [6.07, 6.45) is 0. The molecular weight excluding hydrogens is 358 g/mol. The number of nitrogens with zero attached hydrogens (tertiary/aromatic N) is 3. The maximum atomic E-state index is 11.8. The van der Waals surface area contributed by atoms with Gasteiger partial charge in [-0.3, -0.25) is 15.0 Å². The van der Waals surface area contributed by atoms with Crippen LogP contribution in [-0.4, -0.2) is 32.4 Å². The summed E-state index contributed by atoms with van der Waals surface area (Å²) < 4.78 is 1.60. The normalized spacial score (nSPS) is 13.2. The van der Waals surface area contributed by atoms with Gasteiger partial charge in [-0.1, -0.05) is 42.1 Å². The van der Waals surface area contributed by atoms with Crippen molar-refractivity contribution in [3.63, 3.8) is 0 Å². The Kier molecular flexibility index (Phi) is 4.02. The Balaban J connectivity index is 1.86. The monoisotopic (exact) mass is 371 g/mol. The third kappa shape index (κ3) is 3.03. The Bertz CT molecular complexity index is 964. The van der Waals surface area contributed by atoms with Crippen LogP contribution >= 0.6 is 23.1 Å². The molecule has 0 atom stereocenters. The summed E-state index contributed by atoms with van der Waals surface area (Å²) in [6, 6.07) is 11.7. The Morgan fingerprint density at radius 1 is 1.28 bits per heavy atom. The molecule has 0 spiro atoms. The van der Waals surface area contributed by atoms with E-state index in [0.29, 0.717) is 21.7 Å². The van der Waals surface area contributed by atoms with Crippen LogP contribution < -0.4 is 10.7 Å². The van der Waals surface area contributed by atoms with Crippen molar-refractivity contribution < 1.29 is 9.59 Å². The molecule has 0 fully saturated rings. The maximum absolute atomic E-state index is 11.8. The summed E-state index contributed by atoms with van der Waals surface area (Å²) in [4.78, 5) is 24.0. The van der Waals surface area contributed by atoms with E-state index in [1.165, 1.54) is 30.0 Å². The lowest BCUT2D eigenvalue weighted by atomic mass is 10.1. The highest BCUT2D eigenvalue weighted by Gasteiger charge is 2.25. The quantitative estimate of drug-likeness (QED) is 0.739. The van der Waals surface area contributed by atoms with E-state index >= 15 is 0 Å². The number of rotatable bonds is 3. The van der Waals surface area contributed by atoms with Crippen LogP contribution in [-0.2, 0) is 9.59 Å². The molecule has 0 unspecified atom stereocenters. The van der Waals surface area contributed by atoms with Gasteiger partial charge < -0.3 is 5.32 Å². The lowest BCUT2D eigenvalue weighted by Crippen LogP contribution is -2.29. The molecule has 9 heteroatoms. The van der Waals surface area contributed by atoms with Gasteiger partial charge in [0.25, 0.3) is 0 Å². The van der Waals surface area contributed by atoms with E-state index in [-0.39, 0.29) is 11.8 Å². The molecule has 0 bridgehead atoms. The van der Waals surface area contributed by atoms with Gasteiger partial charge in [0.15, 0.2) is 5.82 Å². The summed E-state index contributed by atoms with van der Waals surface area (Å²) in [5.74, 6) is 0.639. The number of anilines is 1. The second-order valence-electron chi connectivity index (χ2n) is 5.37. The molecule has 2 amide bonds. The van der Waals surface area contributed by atoms with E-state index in [9.17, 15) is 9.59 Å². The molecule has 0 saturated carbocycles. The zero-order chi connectivity index (χ0) is 17.4. The third-order valence-corrected chi connectivity index (χ3v) is 5.50. The van der Waals surface area contributed by atoms with Crippen LogP contribution in [0.2, 0.25) is 0 Å². The number of aromatic nitrogens is 3. The molecule has 126 valence electrons. The maximum Gasteiger partial charge on any atom is 0.249 e. The molecule has 1 aliphatic rings. The van der Waals surface area contributed by atoms with Gasteiger partial charge in [0.2, 0.25) is 17.0 Å². The highest BCUT2D eigenvalue weighted by molar-refractivity contribution is 7.99. The molecule has 0 saturated heterocycles. The number of amides is 2. The fourth-order valence-corrected chi connectivity index (χ4v) is 4.31. The van der Waals surface area contributed by atoms with Crippen molar-refractivity contribution in [2.24, 2.45) is 0 Å². The Morgan fingerprint density at radius 2 is 2.08 bits per heavy atom. The summed E-state index contributed by atoms with van der Waals surface area (Å²) in [5, 5.41) is 12.6. The predicted octanol–water partition coefficient (Wildman–Crippen LogP) is 2.81. The summed E-state index contributed by atoms with van der Waals surface area (Å²) in [6.45, 7) is 1.47. The first-order chi connectivity index (χ1) is 12.1. The lowest BCUT2D eigenvalue weighted by Gasteiger charge is -2.15. The van der Waals surface area contributed by atoms with E-state index in [1.807, 2.05) is 36.4 Å². The van der Waals surface area contributed by atoms with Crippen molar-refractivity contribution >= 4 is 39.9 Å². The molecule has 2 aromatic heterocycles. The minimum Gasteiger partial charge on any atom is -0.318 e. The molecule has 25 heavy (non-hydrogen) atoms. The van der Waals surface area contributed by atoms with Crippen LogP contribution in [0.25, 0.3) is 21.8 Å². The van der Waals surface area contributed by atoms with E-state index in [2.05, 4.69) is 20.9 Å². The second-order valence-corrected chi connectivity index (χ2v) is 7.36. The highest BCUT2D eigenvalue weighted by Crippen LogP contribution is 2.42. The Hall–Kier alpha value is -2.65. The van der Waals surface area contributed by atoms with Crippen molar-refractivity contribution in [2.45, 2.75) is 12.1 Å². The molecule has 3 aromatic rings. The standard InChI is InChI=1S/C16H13N5O2S2/c1-9(22)17-13-7-11(10-5-3-2-4-6-10)14(25-13)15-18-19-16-21(15)20-12(23)8-24-16/h2-7H,8H2,1H3,(H,17,22)(H,20,23). The molecule has 0 radical (unpaired) electrons. The number of carbonyl (C=O) groups excluding carboxylic acids is 2. The summed E-state index contributed by atoms with van der Waals surface area (Å²) in [5.41, 5.74) is 4.71. The second kappa shape index (κ2) is 6.34. The SMILES string of the molecule is CC(=O)Nc1cc(-c2ccccc2)c(-c2nnc3n2NC(=O)CS3)s1. The van der Waals surface area contributed by atoms with Crippen molar-refractivity contribution in [2.75, 3.05) is 16.5 Å². The average Bonchev–Trinajstić information content (AvgIpc) is 3.18. The molecular formula is C16H13N5O2S2. The Labute approximate surface area is 151 Å².